The van der Waals surface area contributed by atoms with Crippen molar-refractivity contribution in [3.8, 4) is 0 Å². The van der Waals surface area contributed by atoms with Crippen LogP contribution in [0.4, 0.5) is 15.2 Å². The first-order chi connectivity index (χ1) is 15.1. The highest BCUT2D eigenvalue weighted by Crippen LogP contribution is 2.33. The summed E-state index contributed by atoms with van der Waals surface area (Å²) >= 11 is 2.89. The molecule has 0 radical (unpaired) electrons. The Morgan fingerprint density at radius 3 is 2.74 bits per heavy atom. The number of anilines is 2. The number of nitrogens with zero attached hydrogens (tertiary/aromatic N) is 4. The standard InChI is InChI=1S/C22H21FN4O2S2/c1-15(28)27(19-9-5-3-7-17(19)23)22-24-16(14-31-22)13-30-21-25-18-8-4-6-10-20(18)26(21)11-12-29-2/h3-10,14H,11-13H2,1-2H3. The van der Waals surface area contributed by atoms with Crippen LogP contribution in [0.25, 0.3) is 11.0 Å². The SMILES string of the molecule is COCCn1c(SCc2csc(N(C(C)=O)c3ccccc3F)n2)nc2ccccc21. The van der Waals surface area contributed by atoms with E-state index in [-0.39, 0.29) is 11.6 Å². The van der Waals surface area contributed by atoms with E-state index in [1.807, 2.05) is 29.6 Å². The molecule has 0 aliphatic heterocycles. The van der Waals surface area contributed by atoms with Crippen LogP contribution in [-0.2, 0) is 21.8 Å². The smallest absolute Gasteiger partial charge is 0.230 e. The molecule has 0 unspecified atom stereocenters. The summed E-state index contributed by atoms with van der Waals surface area (Å²) in [5, 5.41) is 3.22. The molecule has 160 valence electrons. The molecule has 0 fully saturated rings. The Morgan fingerprint density at radius 1 is 1.19 bits per heavy atom. The fourth-order valence-electron chi connectivity index (χ4n) is 3.21. The van der Waals surface area contributed by atoms with Gasteiger partial charge in [-0.2, -0.15) is 0 Å². The van der Waals surface area contributed by atoms with Gasteiger partial charge in [0.25, 0.3) is 0 Å². The Hall–Kier alpha value is -2.75. The van der Waals surface area contributed by atoms with E-state index in [9.17, 15) is 9.18 Å². The molecule has 0 saturated carbocycles. The number of imidazole rings is 1. The molecule has 2 aromatic heterocycles. The van der Waals surface area contributed by atoms with E-state index in [1.54, 1.807) is 37.1 Å². The lowest BCUT2D eigenvalue weighted by Gasteiger charge is -2.18. The van der Waals surface area contributed by atoms with E-state index in [1.165, 1.54) is 29.2 Å². The third-order valence-electron chi connectivity index (χ3n) is 4.63. The maximum atomic E-state index is 14.3. The zero-order valence-electron chi connectivity index (χ0n) is 17.1. The number of aromatic nitrogens is 3. The van der Waals surface area contributed by atoms with Crippen molar-refractivity contribution in [3.63, 3.8) is 0 Å². The number of halogens is 1. The van der Waals surface area contributed by atoms with Crippen LogP contribution < -0.4 is 4.90 Å². The summed E-state index contributed by atoms with van der Waals surface area (Å²) in [5.41, 5.74) is 2.99. The Balaban J connectivity index is 1.56. The van der Waals surface area contributed by atoms with Crippen molar-refractivity contribution in [1.29, 1.82) is 0 Å². The van der Waals surface area contributed by atoms with Crippen molar-refractivity contribution >= 4 is 50.9 Å². The molecule has 2 heterocycles. The molecule has 0 N–H and O–H groups in total. The summed E-state index contributed by atoms with van der Waals surface area (Å²) in [7, 11) is 1.68. The topological polar surface area (TPSA) is 60.2 Å². The number of methoxy groups -OCH3 is 1. The number of thiazole rings is 1. The van der Waals surface area contributed by atoms with Crippen LogP contribution in [0.1, 0.15) is 12.6 Å². The third kappa shape index (κ3) is 4.63. The zero-order chi connectivity index (χ0) is 21.8. The number of fused-ring (bicyclic) bond motifs is 1. The molecule has 4 aromatic rings. The first kappa shape index (κ1) is 21.5. The Labute approximate surface area is 187 Å². The van der Waals surface area contributed by atoms with Gasteiger partial charge in [0.05, 0.1) is 29.0 Å². The second-order valence-electron chi connectivity index (χ2n) is 6.74. The number of amides is 1. The van der Waals surface area contributed by atoms with E-state index in [2.05, 4.69) is 9.55 Å². The molecule has 1 amide bonds. The second kappa shape index (κ2) is 9.59. The maximum absolute atomic E-state index is 14.3. The summed E-state index contributed by atoms with van der Waals surface area (Å²) in [6, 6.07) is 14.2. The van der Waals surface area contributed by atoms with Crippen LogP contribution in [0.15, 0.2) is 59.1 Å². The van der Waals surface area contributed by atoms with Gasteiger partial charge in [0, 0.05) is 31.7 Å². The highest BCUT2D eigenvalue weighted by molar-refractivity contribution is 7.98. The molecule has 0 saturated heterocycles. The first-order valence-corrected chi connectivity index (χ1v) is 11.5. The lowest BCUT2D eigenvalue weighted by atomic mass is 10.3. The lowest BCUT2D eigenvalue weighted by Crippen LogP contribution is -2.23. The van der Waals surface area contributed by atoms with Gasteiger partial charge in [-0.1, -0.05) is 36.0 Å². The number of rotatable bonds is 8. The van der Waals surface area contributed by atoms with Gasteiger partial charge in [-0.25, -0.2) is 14.4 Å². The van der Waals surface area contributed by atoms with Gasteiger partial charge in [-0.3, -0.25) is 9.69 Å². The van der Waals surface area contributed by atoms with Crippen molar-refractivity contribution in [3.05, 3.63) is 65.4 Å². The number of hydrogen-bond acceptors (Lipinski definition) is 6. The van der Waals surface area contributed by atoms with E-state index in [4.69, 9.17) is 9.72 Å². The normalized spacial score (nSPS) is 11.2. The van der Waals surface area contributed by atoms with Crippen LogP contribution in [0.2, 0.25) is 0 Å². The summed E-state index contributed by atoms with van der Waals surface area (Å²) in [5.74, 6) is -0.175. The minimum absolute atomic E-state index is 0.199. The molecule has 0 atom stereocenters. The Bertz CT molecular complexity index is 1210. The van der Waals surface area contributed by atoms with Gasteiger partial charge < -0.3 is 9.30 Å². The van der Waals surface area contributed by atoms with Crippen molar-refractivity contribution < 1.29 is 13.9 Å². The fourth-order valence-corrected chi connectivity index (χ4v) is 5.12. The van der Waals surface area contributed by atoms with Crippen molar-refractivity contribution in [2.45, 2.75) is 24.4 Å². The summed E-state index contributed by atoms with van der Waals surface area (Å²) in [6.45, 7) is 2.69. The van der Waals surface area contributed by atoms with Crippen LogP contribution in [0.3, 0.4) is 0 Å². The van der Waals surface area contributed by atoms with E-state index in [0.717, 1.165) is 21.9 Å². The number of carbonyl (C=O) groups excluding carboxylic acids is 1. The molecule has 9 heteroatoms. The Morgan fingerprint density at radius 2 is 1.97 bits per heavy atom. The van der Waals surface area contributed by atoms with Gasteiger partial charge in [0.1, 0.15) is 5.82 Å². The van der Waals surface area contributed by atoms with Crippen LogP contribution in [0, 0.1) is 5.82 Å². The minimum atomic E-state index is -0.462. The van der Waals surface area contributed by atoms with E-state index in [0.29, 0.717) is 24.0 Å². The number of benzene rings is 2. The Kier molecular flexibility index (Phi) is 6.64. The maximum Gasteiger partial charge on any atom is 0.230 e. The minimum Gasteiger partial charge on any atom is -0.383 e. The molecule has 2 aromatic carbocycles. The number of hydrogen-bond donors (Lipinski definition) is 0. The summed E-state index contributed by atoms with van der Waals surface area (Å²) in [6.07, 6.45) is 0. The number of ether oxygens (including phenoxy) is 1. The summed E-state index contributed by atoms with van der Waals surface area (Å²) in [4.78, 5) is 22.9. The number of carbonyl (C=O) groups is 1. The lowest BCUT2D eigenvalue weighted by molar-refractivity contribution is -0.115. The van der Waals surface area contributed by atoms with Crippen molar-refractivity contribution in [2.75, 3.05) is 18.6 Å². The quantitative estimate of drug-likeness (QED) is 0.339. The van der Waals surface area contributed by atoms with Crippen LogP contribution in [0.5, 0.6) is 0 Å². The van der Waals surface area contributed by atoms with Gasteiger partial charge >= 0.3 is 0 Å². The first-order valence-electron chi connectivity index (χ1n) is 9.65. The van der Waals surface area contributed by atoms with Gasteiger partial charge in [0.2, 0.25) is 5.91 Å². The summed E-state index contributed by atoms with van der Waals surface area (Å²) < 4.78 is 21.7. The highest BCUT2D eigenvalue weighted by Gasteiger charge is 2.21. The largest absolute Gasteiger partial charge is 0.383 e. The molecule has 0 aliphatic rings. The predicted molar refractivity (Wildman–Crippen MR) is 123 cm³/mol. The van der Waals surface area contributed by atoms with Gasteiger partial charge in [-0.15, -0.1) is 11.3 Å². The average molecular weight is 457 g/mol. The van der Waals surface area contributed by atoms with Crippen LogP contribution in [-0.4, -0.2) is 34.2 Å². The predicted octanol–water partition coefficient (Wildman–Crippen LogP) is 5.26. The fraction of sp³-hybridized carbons (Fsp3) is 0.227. The zero-order valence-corrected chi connectivity index (χ0v) is 18.8. The van der Waals surface area contributed by atoms with Gasteiger partial charge in [0.15, 0.2) is 10.3 Å². The van der Waals surface area contributed by atoms with Crippen molar-refractivity contribution in [1.82, 2.24) is 14.5 Å². The molecular weight excluding hydrogens is 435 g/mol. The molecule has 0 spiro atoms. The molecule has 31 heavy (non-hydrogen) atoms. The van der Waals surface area contributed by atoms with E-state index >= 15 is 0 Å². The molecule has 4 rings (SSSR count). The monoisotopic (exact) mass is 456 g/mol. The second-order valence-corrected chi connectivity index (χ2v) is 8.52. The molecule has 6 nitrogen and oxygen atoms in total. The third-order valence-corrected chi connectivity index (χ3v) is 6.51. The average Bonchev–Trinajstić information content (AvgIpc) is 3.36. The number of thioether (sulfide) groups is 1. The van der Waals surface area contributed by atoms with Crippen molar-refractivity contribution in [2.24, 2.45) is 0 Å². The molecule has 0 bridgehead atoms. The van der Waals surface area contributed by atoms with E-state index < -0.39 is 5.82 Å². The molecular formula is C22H21FN4O2S2. The van der Waals surface area contributed by atoms with Crippen LogP contribution >= 0.6 is 23.1 Å². The molecule has 0 aliphatic carbocycles. The van der Waals surface area contributed by atoms with Gasteiger partial charge in [-0.05, 0) is 24.3 Å². The highest BCUT2D eigenvalue weighted by atomic mass is 32.2. The number of para-hydroxylation sites is 3.